The lowest BCUT2D eigenvalue weighted by atomic mass is 10.4. The summed E-state index contributed by atoms with van der Waals surface area (Å²) in [4.78, 5) is 22.1. The maximum Gasteiger partial charge on any atom is 0.334 e. The van der Waals surface area contributed by atoms with E-state index in [-0.39, 0.29) is 11.9 Å². The average Bonchev–Trinajstić information content (AvgIpc) is 2.73. The first-order valence-electron chi connectivity index (χ1n) is 9.76. The van der Waals surface area contributed by atoms with Crippen molar-refractivity contribution in [3.8, 4) is 0 Å². The summed E-state index contributed by atoms with van der Waals surface area (Å²) >= 11 is 0. The van der Waals surface area contributed by atoms with Crippen molar-refractivity contribution in [3.05, 3.63) is 24.3 Å². The summed E-state index contributed by atoms with van der Waals surface area (Å²) < 4.78 is 31.1. The van der Waals surface area contributed by atoms with Crippen LogP contribution in [-0.4, -0.2) is 70.7 Å². The molecule has 0 amide bonds. The summed E-state index contributed by atoms with van der Waals surface area (Å²) in [6, 6.07) is 1.62. The van der Waals surface area contributed by atoms with Gasteiger partial charge in [-0.15, -0.1) is 0 Å². The van der Waals surface area contributed by atoms with Gasteiger partial charge in [0.15, 0.2) is 0 Å². The second kappa shape index (κ2) is 16.4. The molecule has 176 valence electrons. The number of carbonyl (C=O) groups is 2. The average molecular weight is 465 g/mol. The fourth-order valence-corrected chi connectivity index (χ4v) is 4.66. The number of carbonyl (C=O) groups excluding carboxylic acids is 2. The minimum atomic E-state index is -2.01. The van der Waals surface area contributed by atoms with E-state index in [2.05, 4.69) is 13.2 Å². The second-order valence-corrected chi connectivity index (χ2v) is 14.3. The molecule has 0 rings (SSSR count). The summed E-state index contributed by atoms with van der Waals surface area (Å²) in [5.74, 6) is -0.679. The van der Waals surface area contributed by atoms with Crippen molar-refractivity contribution in [1.29, 1.82) is 0 Å². The van der Waals surface area contributed by atoms with Crippen LogP contribution in [0.1, 0.15) is 26.7 Å². The largest absolute Gasteiger partial charge is 0.462 e. The Bertz CT molecular complexity index is 495. The molecular formula is C20H40O8Si2. The molecule has 0 atom stereocenters. The molecule has 0 spiro atoms. The van der Waals surface area contributed by atoms with Crippen LogP contribution >= 0.6 is 0 Å². The third-order valence-corrected chi connectivity index (χ3v) is 10.4. The summed E-state index contributed by atoms with van der Waals surface area (Å²) in [5, 5.41) is 0. The number of hydrogen-bond acceptors (Lipinski definition) is 8. The van der Waals surface area contributed by atoms with E-state index in [9.17, 15) is 9.59 Å². The third-order valence-electron chi connectivity index (χ3n) is 4.44. The van der Waals surface area contributed by atoms with E-state index in [1.165, 1.54) is 0 Å². The van der Waals surface area contributed by atoms with Crippen LogP contribution in [0.25, 0.3) is 0 Å². The minimum Gasteiger partial charge on any atom is -0.462 e. The Labute approximate surface area is 184 Å². The molecule has 30 heavy (non-hydrogen) atoms. The Balaban J connectivity index is 0. The molecule has 0 bridgehead atoms. The van der Waals surface area contributed by atoms with E-state index in [1.54, 1.807) is 42.3 Å². The van der Waals surface area contributed by atoms with Gasteiger partial charge < -0.3 is 27.2 Å². The molecule has 0 heterocycles. The molecule has 0 saturated heterocycles. The Hall–Kier alpha value is -1.31. The minimum absolute atomic E-state index is 0.340. The van der Waals surface area contributed by atoms with Gasteiger partial charge in [-0.25, -0.2) is 9.59 Å². The zero-order valence-corrected chi connectivity index (χ0v) is 21.9. The van der Waals surface area contributed by atoms with E-state index >= 15 is 0 Å². The standard InChI is InChI=1S/2C10H20O4Si/c2*1-9(2)10(11)14-7-6-8-15(5,12-3)13-4/h2*1,6-8H2,2-5H3. The highest BCUT2D eigenvalue weighted by molar-refractivity contribution is 6.66. The van der Waals surface area contributed by atoms with Gasteiger partial charge in [0.05, 0.1) is 13.2 Å². The Kier molecular flexibility index (Phi) is 16.9. The number of esters is 2. The third kappa shape index (κ3) is 14.6. The van der Waals surface area contributed by atoms with E-state index in [0.717, 1.165) is 24.9 Å². The zero-order valence-electron chi connectivity index (χ0n) is 19.9. The van der Waals surface area contributed by atoms with Gasteiger partial charge in [0.25, 0.3) is 0 Å². The predicted molar refractivity (Wildman–Crippen MR) is 122 cm³/mol. The van der Waals surface area contributed by atoms with Gasteiger partial charge in [0.1, 0.15) is 0 Å². The van der Waals surface area contributed by atoms with Crippen molar-refractivity contribution >= 4 is 29.1 Å². The van der Waals surface area contributed by atoms with Crippen molar-refractivity contribution < 1.29 is 36.8 Å². The van der Waals surface area contributed by atoms with Crippen molar-refractivity contribution in [2.75, 3.05) is 41.7 Å². The van der Waals surface area contributed by atoms with Crippen LogP contribution in [0.4, 0.5) is 0 Å². The van der Waals surface area contributed by atoms with Gasteiger partial charge in [-0.2, -0.15) is 0 Å². The molecule has 8 nitrogen and oxygen atoms in total. The van der Waals surface area contributed by atoms with Crippen LogP contribution in [0.5, 0.6) is 0 Å². The Morgan fingerprint density at radius 3 is 1.13 bits per heavy atom. The van der Waals surface area contributed by atoms with Gasteiger partial charge in [0.2, 0.25) is 0 Å². The molecule has 0 fully saturated rings. The quantitative estimate of drug-likeness (QED) is 0.166. The molecule has 0 aromatic carbocycles. The molecule has 0 N–H and O–H groups in total. The van der Waals surface area contributed by atoms with Gasteiger partial charge in [-0.3, -0.25) is 0 Å². The molecule has 0 aromatic rings. The molecule has 0 radical (unpaired) electrons. The van der Waals surface area contributed by atoms with Crippen LogP contribution in [-0.2, 0) is 36.8 Å². The summed E-state index contributed by atoms with van der Waals surface area (Å²) in [7, 11) is 2.57. The fourth-order valence-electron chi connectivity index (χ4n) is 1.94. The number of ether oxygens (including phenoxy) is 2. The highest BCUT2D eigenvalue weighted by Crippen LogP contribution is 2.14. The fraction of sp³-hybridized carbons (Fsp3) is 0.700. The van der Waals surface area contributed by atoms with Crippen LogP contribution < -0.4 is 0 Å². The second-order valence-electron chi connectivity index (χ2n) is 7.12. The van der Waals surface area contributed by atoms with Crippen LogP contribution in [0.15, 0.2) is 24.3 Å². The SMILES string of the molecule is C=C(C)C(=O)OCCC[Si](C)(OC)OC.C=C(C)C(=O)OCCC[Si](C)(OC)OC. The van der Waals surface area contributed by atoms with Crippen LogP contribution in [0, 0.1) is 0 Å². The Morgan fingerprint density at radius 1 is 0.667 bits per heavy atom. The molecule has 0 unspecified atom stereocenters. The van der Waals surface area contributed by atoms with Gasteiger partial charge >= 0.3 is 29.1 Å². The maximum atomic E-state index is 11.0. The van der Waals surface area contributed by atoms with Crippen molar-refractivity contribution in [3.63, 3.8) is 0 Å². The molecule has 0 aliphatic heterocycles. The lowest BCUT2D eigenvalue weighted by Gasteiger charge is -2.22. The topological polar surface area (TPSA) is 89.5 Å². The lowest BCUT2D eigenvalue weighted by molar-refractivity contribution is -0.139. The molecule has 0 aliphatic carbocycles. The van der Waals surface area contributed by atoms with E-state index < -0.39 is 17.1 Å². The van der Waals surface area contributed by atoms with Crippen LogP contribution in [0.3, 0.4) is 0 Å². The monoisotopic (exact) mass is 464 g/mol. The normalized spacial score (nSPS) is 11.2. The van der Waals surface area contributed by atoms with Crippen molar-refractivity contribution in [1.82, 2.24) is 0 Å². The summed E-state index contributed by atoms with van der Waals surface area (Å²) in [6.07, 6.45) is 1.51. The number of hydrogen-bond donors (Lipinski definition) is 0. The molecule has 0 aliphatic rings. The van der Waals surface area contributed by atoms with Crippen molar-refractivity contribution in [2.45, 2.75) is 51.9 Å². The number of rotatable bonds is 14. The maximum absolute atomic E-state index is 11.0. The van der Waals surface area contributed by atoms with Gasteiger partial charge in [-0.05, 0) is 51.9 Å². The summed E-state index contributed by atoms with van der Waals surface area (Å²) in [6.45, 7) is 15.0. The van der Waals surface area contributed by atoms with Crippen molar-refractivity contribution in [2.24, 2.45) is 0 Å². The zero-order chi connectivity index (χ0) is 23.8. The first-order valence-corrected chi connectivity index (χ1v) is 14.8. The smallest absolute Gasteiger partial charge is 0.334 e. The van der Waals surface area contributed by atoms with E-state index in [0.29, 0.717) is 24.4 Å². The highest BCUT2D eigenvalue weighted by Gasteiger charge is 2.28. The summed E-state index contributed by atoms with van der Waals surface area (Å²) in [5.41, 5.74) is 0.849. The lowest BCUT2D eigenvalue weighted by Crippen LogP contribution is -2.36. The molecule has 0 aromatic heterocycles. The van der Waals surface area contributed by atoms with E-state index in [4.69, 9.17) is 27.2 Å². The first kappa shape index (κ1) is 30.9. The van der Waals surface area contributed by atoms with Gasteiger partial charge in [-0.1, -0.05) is 13.2 Å². The molecule has 0 saturated carbocycles. The Morgan fingerprint density at radius 2 is 0.933 bits per heavy atom. The predicted octanol–water partition coefficient (Wildman–Crippen LogP) is 3.72. The van der Waals surface area contributed by atoms with Crippen LogP contribution in [0.2, 0.25) is 25.2 Å². The molecular weight excluding hydrogens is 424 g/mol. The van der Waals surface area contributed by atoms with E-state index in [1.807, 2.05) is 13.1 Å². The first-order chi connectivity index (χ1) is 13.9. The highest BCUT2D eigenvalue weighted by atomic mass is 28.4. The molecule has 10 heteroatoms. The van der Waals surface area contributed by atoms with Gasteiger partial charge in [0, 0.05) is 39.6 Å².